The van der Waals surface area contributed by atoms with Crippen LogP contribution < -0.4 is 4.74 Å². The first-order valence-corrected chi connectivity index (χ1v) is 10.1. The summed E-state index contributed by atoms with van der Waals surface area (Å²) in [7, 11) is 5.31. The molecule has 2 aromatic rings. The van der Waals surface area contributed by atoms with E-state index in [4.69, 9.17) is 4.74 Å². The van der Waals surface area contributed by atoms with Crippen LogP contribution in [0.2, 0.25) is 0 Å². The molecule has 1 fully saturated rings. The van der Waals surface area contributed by atoms with E-state index in [-0.39, 0.29) is 23.4 Å². The zero-order chi connectivity index (χ0) is 23.4. The molecule has 0 aliphatic carbocycles. The van der Waals surface area contributed by atoms with Crippen LogP contribution in [0.5, 0.6) is 5.75 Å². The number of amides is 1. The minimum absolute atomic E-state index is 0.0883. The van der Waals surface area contributed by atoms with Crippen molar-refractivity contribution in [1.82, 2.24) is 9.80 Å². The monoisotopic (exact) mass is 439 g/mol. The Morgan fingerprint density at radius 3 is 2.56 bits per heavy atom. The van der Waals surface area contributed by atoms with Gasteiger partial charge in [0.15, 0.2) is 0 Å². The van der Waals surface area contributed by atoms with Gasteiger partial charge in [0.25, 0.3) is 17.4 Å². The van der Waals surface area contributed by atoms with Crippen molar-refractivity contribution < 1.29 is 24.4 Å². The van der Waals surface area contributed by atoms with Gasteiger partial charge in [-0.05, 0) is 33.1 Å². The Kier molecular flexibility index (Phi) is 6.89. The summed E-state index contributed by atoms with van der Waals surface area (Å²) in [6.07, 6.45) is 0.614. The van der Waals surface area contributed by atoms with Crippen molar-refractivity contribution in [1.29, 1.82) is 0 Å². The van der Waals surface area contributed by atoms with E-state index < -0.39 is 28.4 Å². The van der Waals surface area contributed by atoms with E-state index in [9.17, 15) is 24.8 Å². The first-order valence-electron chi connectivity index (χ1n) is 10.1. The number of non-ortho nitro benzene ring substituents is 1. The topological polar surface area (TPSA) is 113 Å². The van der Waals surface area contributed by atoms with E-state index in [1.807, 2.05) is 19.0 Å². The zero-order valence-electron chi connectivity index (χ0n) is 18.1. The molecule has 3 rings (SSSR count). The number of aliphatic hydroxyl groups is 1. The summed E-state index contributed by atoms with van der Waals surface area (Å²) in [4.78, 5) is 40.0. The maximum absolute atomic E-state index is 13.0. The molecule has 0 spiro atoms. The number of Topliss-reactive ketones (excluding diaryl/α,β-unsaturated/α-hetero) is 1. The number of nitro benzene ring substituents is 1. The SMILES string of the molecule is COc1ccccc1C1/C(=C(\O)c2cccc([N+](=O)[O-])c2)C(=O)C(=O)N1CCCN(C)C. The van der Waals surface area contributed by atoms with Crippen LogP contribution in [0.25, 0.3) is 5.76 Å². The number of carbonyl (C=O) groups excluding carboxylic acids is 2. The van der Waals surface area contributed by atoms with Gasteiger partial charge in [-0.15, -0.1) is 0 Å². The second-order valence-corrected chi connectivity index (χ2v) is 7.70. The number of nitro groups is 1. The molecule has 1 heterocycles. The molecule has 1 saturated heterocycles. The standard InChI is InChI=1S/C23H25N3O6/c1-24(2)12-7-13-25-20(17-10-4-5-11-18(17)32-3)19(22(28)23(25)29)21(27)15-8-6-9-16(14-15)26(30)31/h4-6,8-11,14,20,27H,7,12-13H2,1-3H3/b21-19+. The number of rotatable bonds is 8. The highest BCUT2D eigenvalue weighted by Crippen LogP contribution is 2.42. The van der Waals surface area contributed by atoms with Crippen molar-refractivity contribution in [3.05, 3.63) is 75.3 Å². The van der Waals surface area contributed by atoms with Gasteiger partial charge in [-0.25, -0.2) is 0 Å². The van der Waals surface area contributed by atoms with Crippen LogP contribution in [0.4, 0.5) is 5.69 Å². The fourth-order valence-corrected chi connectivity index (χ4v) is 3.81. The first-order chi connectivity index (χ1) is 15.3. The summed E-state index contributed by atoms with van der Waals surface area (Å²) in [6.45, 7) is 0.990. The average Bonchev–Trinajstić information content (AvgIpc) is 3.03. The summed E-state index contributed by atoms with van der Waals surface area (Å²) < 4.78 is 5.45. The van der Waals surface area contributed by atoms with E-state index in [1.165, 1.54) is 36.3 Å². The van der Waals surface area contributed by atoms with Crippen LogP contribution in [0.3, 0.4) is 0 Å². The van der Waals surface area contributed by atoms with E-state index in [2.05, 4.69) is 0 Å². The van der Waals surface area contributed by atoms with Crippen LogP contribution in [0, 0.1) is 10.1 Å². The van der Waals surface area contributed by atoms with Gasteiger partial charge in [-0.2, -0.15) is 0 Å². The van der Waals surface area contributed by atoms with Crippen molar-refractivity contribution in [2.75, 3.05) is 34.3 Å². The van der Waals surface area contributed by atoms with Crippen LogP contribution in [0.15, 0.2) is 54.1 Å². The molecule has 9 heteroatoms. The minimum atomic E-state index is -0.882. The summed E-state index contributed by atoms with van der Waals surface area (Å²) >= 11 is 0. The number of para-hydroxylation sites is 1. The molecule has 1 aliphatic heterocycles. The number of methoxy groups -OCH3 is 1. The molecule has 9 nitrogen and oxygen atoms in total. The highest BCUT2D eigenvalue weighted by molar-refractivity contribution is 6.46. The molecule has 32 heavy (non-hydrogen) atoms. The molecule has 1 atom stereocenters. The van der Waals surface area contributed by atoms with Gasteiger partial charge in [-0.3, -0.25) is 19.7 Å². The number of ether oxygens (including phenoxy) is 1. The van der Waals surface area contributed by atoms with Gasteiger partial charge in [0.05, 0.1) is 23.6 Å². The zero-order valence-corrected chi connectivity index (χ0v) is 18.1. The summed E-state index contributed by atoms with van der Waals surface area (Å²) in [5, 5.41) is 22.2. The largest absolute Gasteiger partial charge is 0.507 e. The van der Waals surface area contributed by atoms with Crippen molar-refractivity contribution in [3.63, 3.8) is 0 Å². The summed E-state index contributed by atoms with van der Waals surface area (Å²) in [5.41, 5.74) is 0.282. The maximum Gasteiger partial charge on any atom is 0.295 e. The predicted molar refractivity (Wildman–Crippen MR) is 118 cm³/mol. The molecule has 168 valence electrons. The van der Waals surface area contributed by atoms with E-state index in [1.54, 1.807) is 24.3 Å². The van der Waals surface area contributed by atoms with E-state index >= 15 is 0 Å². The van der Waals surface area contributed by atoms with Gasteiger partial charge in [0, 0.05) is 29.8 Å². The third-order valence-corrected chi connectivity index (χ3v) is 5.31. The van der Waals surface area contributed by atoms with Gasteiger partial charge >= 0.3 is 0 Å². The molecule has 0 radical (unpaired) electrons. The second-order valence-electron chi connectivity index (χ2n) is 7.70. The number of ketones is 1. The van der Waals surface area contributed by atoms with Gasteiger partial charge in [0.2, 0.25) is 0 Å². The fourth-order valence-electron chi connectivity index (χ4n) is 3.81. The van der Waals surface area contributed by atoms with E-state index in [0.29, 0.717) is 24.3 Å². The minimum Gasteiger partial charge on any atom is -0.507 e. The number of hydrogen-bond donors (Lipinski definition) is 1. The number of aliphatic hydroxyl groups excluding tert-OH is 1. The predicted octanol–water partition coefficient (Wildman–Crippen LogP) is 2.98. The Morgan fingerprint density at radius 2 is 1.91 bits per heavy atom. The maximum atomic E-state index is 13.0. The van der Waals surface area contributed by atoms with Crippen molar-refractivity contribution in [3.8, 4) is 5.75 Å². The lowest BCUT2D eigenvalue weighted by Gasteiger charge is -2.27. The van der Waals surface area contributed by atoms with E-state index in [0.717, 1.165) is 0 Å². The quantitative estimate of drug-likeness (QED) is 0.221. The second kappa shape index (κ2) is 9.61. The Bertz CT molecular complexity index is 1080. The molecule has 1 unspecified atom stereocenters. The lowest BCUT2D eigenvalue weighted by atomic mass is 9.94. The highest BCUT2D eigenvalue weighted by atomic mass is 16.6. The summed E-state index contributed by atoms with van der Waals surface area (Å²) in [5.74, 6) is -1.57. The average molecular weight is 439 g/mol. The molecular formula is C23H25N3O6. The van der Waals surface area contributed by atoms with Gasteiger partial charge in [0.1, 0.15) is 11.5 Å². The molecule has 0 saturated carbocycles. The molecular weight excluding hydrogens is 414 g/mol. The van der Waals surface area contributed by atoms with Crippen molar-refractivity contribution in [2.45, 2.75) is 12.5 Å². The third-order valence-electron chi connectivity index (χ3n) is 5.31. The smallest absolute Gasteiger partial charge is 0.295 e. The molecule has 0 bridgehead atoms. The molecule has 2 aromatic carbocycles. The Labute approximate surface area is 185 Å². The van der Waals surface area contributed by atoms with Crippen LogP contribution in [-0.4, -0.2) is 65.8 Å². The third kappa shape index (κ3) is 4.47. The Hall–Kier alpha value is -3.72. The normalized spacial score (nSPS) is 17.8. The molecule has 0 aromatic heterocycles. The lowest BCUT2D eigenvalue weighted by Crippen LogP contribution is -2.32. The van der Waals surface area contributed by atoms with Gasteiger partial charge < -0.3 is 19.6 Å². The number of nitrogens with zero attached hydrogens (tertiary/aromatic N) is 3. The number of likely N-dealkylation sites (tertiary alicyclic amines) is 1. The Morgan fingerprint density at radius 1 is 1.19 bits per heavy atom. The number of hydrogen-bond acceptors (Lipinski definition) is 7. The summed E-state index contributed by atoms with van der Waals surface area (Å²) in [6, 6.07) is 11.4. The number of benzene rings is 2. The molecule has 1 amide bonds. The lowest BCUT2D eigenvalue weighted by molar-refractivity contribution is -0.384. The fraction of sp³-hybridized carbons (Fsp3) is 0.304. The molecule has 1 aliphatic rings. The first kappa shape index (κ1) is 23.0. The van der Waals surface area contributed by atoms with Crippen LogP contribution in [-0.2, 0) is 9.59 Å². The molecule has 1 N–H and O–H groups in total. The van der Waals surface area contributed by atoms with Crippen LogP contribution >= 0.6 is 0 Å². The van der Waals surface area contributed by atoms with Crippen molar-refractivity contribution in [2.24, 2.45) is 0 Å². The van der Waals surface area contributed by atoms with Crippen molar-refractivity contribution >= 4 is 23.1 Å². The number of carbonyl (C=O) groups is 2. The Balaban J connectivity index is 2.16. The van der Waals surface area contributed by atoms with Gasteiger partial charge in [-0.1, -0.05) is 30.3 Å². The van der Waals surface area contributed by atoms with Crippen LogP contribution in [0.1, 0.15) is 23.6 Å². The highest BCUT2D eigenvalue weighted by Gasteiger charge is 2.46.